The first-order chi connectivity index (χ1) is 8.09. The highest BCUT2D eigenvalue weighted by atomic mass is 32.2. The zero-order chi connectivity index (χ0) is 12.7. The number of aliphatic hydroxyl groups excluding tert-OH is 1. The lowest BCUT2D eigenvalue weighted by molar-refractivity contribution is 0.182. The molecule has 0 aliphatic rings. The number of halogens is 1. The molecule has 0 heterocycles. The predicted molar refractivity (Wildman–Crippen MR) is 70.7 cm³/mol. The Hall–Kier alpha value is -0.580. The molecule has 0 aliphatic heterocycles. The van der Waals surface area contributed by atoms with E-state index in [0.29, 0.717) is 0 Å². The monoisotopic (exact) mass is 257 g/mol. The van der Waals surface area contributed by atoms with Gasteiger partial charge in [-0.25, -0.2) is 4.39 Å². The number of benzene rings is 1. The van der Waals surface area contributed by atoms with E-state index in [0.717, 1.165) is 29.9 Å². The van der Waals surface area contributed by atoms with Crippen molar-refractivity contribution in [1.29, 1.82) is 0 Å². The summed E-state index contributed by atoms with van der Waals surface area (Å²) in [5.74, 6) is 0.690. The van der Waals surface area contributed by atoms with Crippen LogP contribution in [-0.4, -0.2) is 23.0 Å². The van der Waals surface area contributed by atoms with Crippen molar-refractivity contribution in [2.75, 3.05) is 12.4 Å². The van der Waals surface area contributed by atoms with E-state index < -0.39 is 5.54 Å². The van der Waals surface area contributed by atoms with E-state index in [1.54, 1.807) is 17.8 Å². The van der Waals surface area contributed by atoms with E-state index >= 15 is 0 Å². The van der Waals surface area contributed by atoms with Crippen molar-refractivity contribution < 1.29 is 9.50 Å². The van der Waals surface area contributed by atoms with E-state index in [2.05, 4.69) is 0 Å². The quantitative estimate of drug-likeness (QED) is 0.583. The van der Waals surface area contributed by atoms with Gasteiger partial charge in [-0.1, -0.05) is 13.0 Å². The van der Waals surface area contributed by atoms with E-state index in [9.17, 15) is 4.39 Å². The highest BCUT2D eigenvalue weighted by Gasteiger charge is 2.20. The number of rotatable bonds is 7. The third kappa shape index (κ3) is 5.06. The Bertz CT molecular complexity index is 342. The summed E-state index contributed by atoms with van der Waals surface area (Å²) in [6, 6.07) is 6.59. The summed E-state index contributed by atoms with van der Waals surface area (Å²) in [6.45, 7) is 2.00. The standard InChI is InChI=1S/C13H20FNOS/c1-2-13(15,10-16)7-4-8-17-12-6-3-5-11(14)9-12/h3,5-6,9,16H,2,4,7-8,10,15H2,1H3. The molecule has 1 aromatic carbocycles. The average molecular weight is 257 g/mol. The van der Waals surface area contributed by atoms with Crippen molar-refractivity contribution in [3.05, 3.63) is 30.1 Å². The Morgan fingerprint density at radius 3 is 2.82 bits per heavy atom. The van der Waals surface area contributed by atoms with E-state index in [1.807, 2.05) is 13.0 Å². The number of hydrogen-bond donors (Lipinski definition) is 2. The van der Waals surface area contributed by atoms with Crippen molar-refractivity contribution in [2.24, 2.45) is 5.73 Å². The number of nitrogens with two attached hydrogens (primary N) is 1. The molecule has 0 radical (unpaired) electrons. The molecule has 2 nitrogen and oxygen atoms in total. The largest absolute Gasteiger partial charge is 0.394 e. The van der Waals surface area contributed by atoms with Gasteiger partial charge in [0.2, 0.25) is 0 Å². The van der Waals surface area contributed by atoms with Crippen molar-refractivity contribution in [1.82, 2.24) is 0 Å². The molecule has 3 N–H and O–H groups in total. The minimum absolute atomic E-state index is 0.0220. The fourth-order valence-electron chi connectivity index (χ4n) is 1.54. The van der Waals surface area contributed by atoms with Crippen LogP contribution >= 0.6 is 11.8 Å². The fourth-order valence-corrected chi connectivity index (χ4v) is 2.43. The van der Waals surface area contributed by atoms with Gasteiger partial charge < -0.3 is 10.8 Å². The van der Waals surface area contributed by atoms with Gasteiger partial charge in [0.05, 0.1) is 6.61 Å². The van der Waals surface area contributed by atoms with Gasteiger partial charge in [-0.15, -0.1) is 11.8 Å². The first kappa shape index (κ1) is 14.5. The van der Waals surface area contributed by atoms with E-state index in [4.69, 9.17) is 10.8 Å². The molecule has 0 aromatic heterocycles. The van der Waals surface area contributed by atoms with Crippen LogP contribution < -0.4 is 5.73 Å². The van der Waals surface area contributed by atoms with Crippen LogP contribution in [0.15, 0.2) is 29.2 Å². The molecule has 96 valence electrons. The summed E-state index contributed by atoms with van der Waals surface area (Å²) in [4.78, 5) is 0.938. The maximum Gasteiger partial charge on any atom is 0.124 e. The third-order valence-electron chi connectivity index (χ3n) is 2.90. The number of hydrogen-bond acceptors (Lipinski definition) is 3. The smallest absolute Gasteiger partial charge is 0.124 e. The molecule has 17 heavy (non-hydrogen) atoms. The Kier molecular flexibility index (Phi) is 5.95. The Balaban J connectivity index is 2.29. The zero-order valence-electron chi connectivity index (χ0n) is 10.2. The molecule has 0 spiro atoms. The molecule has 1 unspecified atom stereocenters. The Morgan fingerprint density at radius 1 is 1.47 bits per heavy atom. The SMILES string of the molecule is CCC(N)(CO)CCCSc1cccc(F)c1. The lowest BCUT2D eigenvalue weighted by Gasteiger charge is -2.25. The summed E-state index contributed by atoms with van der Waals surface area (Å²) in [5.41, 5.74) is 5.53. The fraction of sp³-hybridized carbons (Fsp3) is 0.538. The minimum Gasteiger partial charge on any atom is -0.394 e. The second kappa shape index (κ2) is 6.99. The van der Waals surface area contributed by atoms with Crippen molar-refractivity contribution in [3.8, 4) is 0 Å². The first-order valence-electron chi connectivity index (χ1n) is 5.88. The minimum atomic E-state index is -0.456. The lowest BCUT2D eigenvalue weighted by atomic mass is 9.93. The topological polar surface area (TPSA) is 46.2 Å². The van der Waals surface area contributed by atoms with E-state index in [-0.39, 0.29) is 12.4 Å². The molecule has 0 amide bonds. The van der Waals surface area contributed by atoms with E-state index in [1.165, 1.54) is 12.1 Å². The molecular weight excluding hydrogens is 237 g/mol. The summed E-state index contributed by atoms with van der Waals surface area (Å²) in [5, 5.41) is 9.16. The van der Waals surface area contributed by atoms with Gasteiger partial charge in [-0.2, -0.15) is 0 Å². The van der Waals surface area contributed by atoms with Gasteiger partial charge in [0.1, 0.15) is 5.82 Å². The molecule has 1 aromatic rings. The Morgan fingerprint density at radius 2 is 2.24 bits per heavy atom. The predicted octanol–water partition coefficient (Wildman–Crippen LogP) is 2.80. The van der Waals surface area contributed by atoms with Gasteiger partial charge in [0, 0.05) is 10.4 Å². The summed E-state index contributed by atoms with van der Waals surface area (Å²) < 4.78 is 12.9. The molecule has 0 aliphatic carbocycles. The average Bonchev–Trinajstić information content (AvgIpc) is 2.34. The van der Waals surface area contributed by atoms with Gasteiger partial charge in [-0.3, -0.25) is 0 Å². The second-order valence-electron chi connectivity index (χ2n) is 4.28. The molecule has 4 heteroatoms. The lowest BCUT2D eigenvalue weighted by Crippen LogP contribution is -2.42. The van der Waals surface area contributed by atoms with Crippen LogP contribution in [-0.2, 0) is 0 Å². The van der Waals surface area contributed by atoms with Crippen LogP contribution in [0.3, 0.4) is 0 Å². The van der Waals surface area contributed by atoms with Crippen LogP contribution in [0.2, 0.25) is 0 Å². The summed E-state index contributed by atoms with van der Waals surface area (Å²) in [6.07, 6.45) is 2.49. The molecule has 0 fully saturated rings. The van der Waals surface area contributed by atoms with Crippen LogP contribution in [0.5, 0.6) is 0 Å². The maximum atomic E-state index is 12.9. The van der Waals surface area contributed by atoms with Crippen LogP contribution in [0.1, 0.15) is 26.2 Å². The highest BCUT2D eigenvalue weighted by molar-refractivity contribution is 7.99. The van der Waals surface area contributed by atoms with Gasteiger partial charge >= 0.3 is 0 Å². The highest BCUT2D eigenvalue weighted by Crippen LogP contribution is 2.22. The first-order valence-corrected chi connectivity index (χ1v) is 6.86. The molecule has 1 rings (SSSR count). The molecular formula is C13H20FNOS. The summed E-state index contributed by atoms with van der Waals surface area (Å²) in [7, 11) is 0. The maximum absolute atomic E-state index is 12.9. The molecule has 0 bridgehead atoms. The number of thioether (sulfide) groups is 1. The normalized spacial score (nSPS) is 14.6. The second-order valence-corrected chi connectivity index (χ2v) is 5.45. The Labute approximate surface area is 106 Å². The number of aliphatic hydroxyl groups is 1. The zero-order valence-corrected chi connectivity index (χ0v) is 11.0. The van der Waals surface area contributed by atoms with Crippen LogP contribution in [0.25, 0.3) is 0 Å². The van der Waals surface area contributed by atoms with Crippen LogP contribution in [0.4, 0.5) is 4.39 Å². The third-order valence-corrected chi connectivity index (χ3v) is 3.98. The molecule has 1 atom stereocenters. The molecule has 0 saturated carbocycles. The van der Waals surface area contributed by atoms with Crippen molar-refractivity contribution in [2.45, 2.75) is 36.6 Å². The molecule has 0 saturated heterocycles. The van der Waals surface area contributed by atoms with Gasteiger partial charge in [0.25, 0.3) is 0 Å². The van der Waals surface area contributed by atoms with Crippen LogP contribution in [0, 0.1) is 5.82 Å². The van der Waals surface area contributed by atoms with Gasteiger partial charge in [-0.05, 0) is 43.2 Å². The van der Waals surface area contributed by atoms with Crippen molar-refractivity contribution in [3.63, 3.8) is 0 Å². The summed E-state index contributed by atoms with van der Waals surface area (Å²) >= 11 is 1.62. The van der Waals surface area contributed by atoms with Crippen molar-refractivity contribution >= 4 is 11.8 Å². The van der Waals surface area contributed by atoms with Gasteiger partial charge in [0.15, 0.2) is 0 Å².